The average Bonchev–Trinajstić information content (AvgIpc) is 2.27. The van der Waals surface area contributed by atoms with Crippen LogP contribution in [0.15, 0.2) is 18.2 Å². The molecule has 4 nitrogen and oxygen atoms in total. The van der Waals surface area contributed by atoms with Crippen LogP contribution in [0.1, 0.15) is 24.2 Å². The Morgan fingerprint density at radius 2 is 2.12 bits per heavy atom. The van der Waals surface area contributed by atoms with E-state index >= 15 is 0 Å². The van der Waals surface area contributed by atoms with Crippen molar-refractivity contribution in [3.8, 4) is 11.5 Å². The number of carbonyl (C=O) groups is 1. The lowest BCUT2D eigenvalue weighted by Crippen LogP contribution is -2.30. The summed E-state index contributed by atoms with van der Waals surface area (Å²) < 4.78 is 4.97. The Labute approximate surface area is 102 Å². The zero-order chi connectivity index (χ0) is 13.0. The van der Waals surface area contributed by atoms with E-state index in [4.69, 9.17) is 4.74 Å². The van der Waals surface area contributed by atoms with E-state index < -0.39 is 0 Å². The summed E-state index contributed by atoms with van der Waals surface area (Å²) in [5, 5.41) is 9.75. The smallest absolute Gasteiger partial charge is 0.257 e. The van der Waals surface area contributed by atoms with Crippen LogP contribution in [-0.2, 0) is 0 Å². The molecule has 0 aliphatic heterocycles. The molecule has 0 atom stereocenters. The Morgan fingerprint density at radius 3 is 2.59 bits per heavy atom. The standard InChI is InChI=1S/C13H19NO3/c1-9(2)8-14(3)13(16)11-6-5-10(17-4)7-12(11)15/h5-7,9,15H,8H2,1-4H3. The molecule has 0 saturated heterocycles. The van der Waals surface area contributed by atoms with Crippen LogP contribution >= 0.6 is 0 Å². The molecular formula is C13H19NO3. The lowest BCUT2D eigenvalue weighted by atomic mass is 10.1. The largest absolute Gasteiger partial charge is 0.507 e. The van der Waals surface area contributed by atoms with E-state index in [1.54, 1.807) is 24.1 Å². The quantitative estimate of drug-likeness (QED) is 0.872. The van der Waals surface area contributed by atoms with Gasteiger partial charge in [0.25, 0.3) is 5.91 Å². The number of amides is 1. The predicted molar refractivity (Wildman–Crippen MR) is 66.5 cm³/mol. The fraction of sp³-hybridized carbons (Fsp3) is 0.462. The maximum absolute atomic E-state index is 12.0. The van der Waals surface area contributed by atoms with Crippen molar-refractivity contribution in [3.05, 3.63) is 23.8 Å². The van der Waals surface area contributed by atoms with E-state index in [1.165, 1.54) is 13.2 Å². The number of benzene rings is 1. The van der Waals surface area contributed by atoms with E-state index in [9.17, 15) is 9.90 Å². The third kappa shape index (κ3) is 3.37. The van der Waals surface area contributed by atoms with Crippen molar-refractivity contribution in [2.24, 2.45) is 5.92 Å². The minimum absolute atomic E-state index is 0.0510. The van der Waals surface area contributed by atoms with Gasteiger partial charge in [-0.1, -0.05) is 13.8 Å². The highest BCUT2D eigenvalue weighted by molar-refractivity contribution is 5.96. The van der Waals surface area contributed by atoms with Crippen molar-refractivity contribution in [2.45, 2.75) is 13.8 Å². The molecular weight excluding hydrogens is 218 g/mol. The van der Waals surface area contributed by atoms with Gasteiger partial charge >= 0.3 is 0 Å². The lowest BCUT2D eigenvalue weighted by molar-refractivity contribution is 0.0776. The van der Waals surface area contributed by atoms with Crippen LogP contribution in [0.5, 0.6) is 11.5 Å². The molecule has 0 radical (unpaired) electrons. The molecule has 4 heteroatoms. The van der Waals surface area contributed by atoms with Gasteiger partial charge in [0, 0.05) is 19.7 Å². The van der Waals surface area contributed by atoms with Crippen molar-refractivity contribution in [3.63, 3.8) is 0 Å². The van der Waals surface area contributed by atoms with Crippen molar-refractivity contribution >= 4 is 5.91 Å². The molecule has 0 spiro atoms. The summed E-state index contributed by atoms with van der Waals surface area (Å²) in [4.78, 5) is 13.6. The second-order valence-corrected chi connectivity index (χ2v) is 4.46. The van der Waals surface area contributed by atoms with E-state index in [0.717, 1.165) is 0 Å². The summed E-state index contributed by atoms with van der Waals surface area (Å²) in [5.41, 5.74) is 0.300. The van der Waals surface area contributed by atoms with Gasteiger partial charge in [0.15, 0.2) is 0 Å². The molecule has 1 aromatic rings. The molecule has 0 unspecified atom stereocenters. The summed E-state index contributed by atoms with van der Waals surface area (Å²) in [6, 6.07) is 4.68. The lowest BCUT2D eigenvalue weighted by Gasteiger charge is -2.20. The highest BCUT2D eigenvalue weighted by Gasteiger charge is 2.16. The minimum Gasteiger partial charge on any atom is -0.507 e. The Kier molecular flexibility index (Phi) is 4.37. The molecule has 0 heterocycles. The van der Waals surface area contributed by atoms with Crippen LogP contribution in [0.25, 0.3) is 0 Å². The topological polar surface area (TPSA) is 49.8 Å². The van der Waals surface area contributed by atoms with Gasteiger partial charge in [-0.3, -0.25) is 4.79 Å². The second kappa shape index (κ2) is 5.57. The van der Waals surface area contributed by atoms with E-state index in [-0.39, 0.29) is 11.7 Å². The van der Waals surface area contributed by atoms with Crippen molar-refractivity contribution in [2.75, 3.05) is 20.7 Å². The molecule has 0 aliphatic rings. The fourth-order valence-corrected chi connectivity index (χ4v) is 1.66. The Bertz CT molecular complexity index is 402. The van der Waals surface area contributed by atoms with Gasteiger partial charge in [-0.15, -0.1) is 0 Å². The van der Waals surface area contributed by atoms with Gasteiger partial charge in [0.05, 0.1) is 12.7 Å². The Hall–Kier alpha value is -1.71. The van der Waals surface area contributed by atoms with Gasteiger partial charge in [-0.25, -0.2) is 0 Å². The van der Waals surface area contributed by atoms with Crippen LogP contribution in [-0.4, -0.2) is 36.6 Å². The first-order chi connectivity index (χ1) is 7.95. The van der Waals surface area contributed by atoms with Gasteiger partial charge < -0.3 is 14.7 Å². The van der Waals surface area contributed by atoms with Crippen LogP contribution in [0.3, 0.4) is 0 Å². The number of phenolic OH excluding ortho intramolecular Hbond substituents is 1. The molecule has 0 aliphatic carbocycles. The molecule has 0 fully saturated rings. The normalized spacial score (nSPS) is 10.4. The number of ether oxygens (including phenoxy) is 1. The summed E-state index contributed by atoms with van der Waals surface area (Å²) >= 11 is 0. The van der Waals surface area contributed by atoms with E-state index in [1.807, 2.05) is 13.8 Å². The predicted octanol–water partition coefficient (Wildman–Crippen LogP) is 2.13. The number of aromatic hydroxyl groups is 1. The Morgan fingerprint density at radius 1 is 1.47 bits per heavy atom. The van der Waals surface area contributed by atoms with Crippen molar-refractivity contribution in [1.82, 2.24) is 4.90 Å². The molecule has 1 aromatic carbocycles. The second-order valence-electron chi connectivity index (χ2n) is 4.46. The first-order valence-electron chi connectivity index (χ1n) is 5.58. The van der Waals surface area contributed by atoms with E-state index in [2.05, 4.69) is 0 Å². The van der Waals surface area contributed by atoms with Crippen molar-refractivity contribution in [1.29, 1.82) is 0 Å². The van der Waals surface area contributed by atoms with Crippen LogP contribution < -0.4 is 4.74 Å². The highest BCUT2D eigenvalue weighted by Crippen LogP contribution is 2.24. The molecule has 1 N–H and O–H groups in total. The average molecular weight is 237 g/mol. The maximum atomic E-state index is 12.0. The Balaban J connectivity index is 2.89. The number of methoxy groups -OCH3 is 1. The summed E-state index contributed by atoms with van der Waals surface area (Å²) in [5.74, 6) is 0.693. The first kappa shape index (κ1) is 13.4. The highest BCUT2D eigenvalue weighted by atomic mass is 16.5. The number of rotatable bonds is 4. The number of nitrogens with zero attached hydrogens (tertiary/aromatic N) is 1. The molecule has 17 heavy (non-hydrogen) atoms. The first-order valence-corrected chi connectivity index (χ1v) is 5.58. The number of phenols is 1. The molecule has 0 bridgehead atoms. The van der Waals surface area contributed by atoms with Crippen molar-refractivity contribution < 1.29 is 14.6 Å². The monoisotopic (exact) mass is 237 g/mol. The zero-order valence-corrected chi connectivity index (χ0v) is 10.7. The summed E-state index contributed by atoms with van der Waals surface area (Å²) in [6.45, 7) is 4.74. The van der Waals surface area contributed by atoms with Crippen LogP contribution in [0.2, 0.25) is 0 Å². The fourth-order valence-electron chi connectivity index (χ4n) is 1.66. The minimum atomic E-state index is -0.182. The maximum Gasteiger partial charge on any atom is 0.257 e. The summed E-state index contributed by atoms with van der Waals surface area (Å²) in [7, 11) is 3.24. The van der Waals surface area contributed by atoms with E-state index in [0.29, 0.717) is 23.8 Å². The SMILES string of the molecule is COc1ccc(C(=O)N(C)CC(C)C)c(O)c1. The number of hydrogen-bond acceptors (Lipinski definition) is 3. The number of carbonyl (C=O) groups excluding carboxylic acids is 1. The van der Waals surface area contributed by atoms with Crippen LogP contribution in [0.4, 0.5) is 0 Å². The number of hydrogen-bond donors (Lipinski definition) is 1. The zero-order valence-electron chi connectivity index (χ0n) is 10.7. The van der Waals surface area contributed by atoms with Gasteiger partial charge in [-0.05, 0) is 18.1 Å². The molecule has 0 saturated carbocycles. The van der Waals surface area contributed by atoms with Gasteiger partial charge in [0.1, 0.15) is 11.5 Å². The molecule has 1 rings (SSSR count). The molecule has 94 valence electrons. The molecule has 1 amide bonds. The molecule has 0 aromatic heterocycles. The van der Waals surface area contributed by atoms with Crippen LogP contribution in [0, 0.1) is 5.92 Å². The third-order valence-electron chi connectivity index (χ3n) is 2.42. The third-order valence-corrected chi connectivity index (χ3v) is 2.42. The van der Waals surface area contributed by atoms with Gasteiger partial charge in [-0.2, -0.15) is 0 Å². The summed E-state index contributed by atoms with van der Waals surface area (Å²) in [6.07, 6.45) is 0. The van der Waals surface area contributed by atoms with Gasteiger partial charge in [0.2, 0.25) is 0 Å².